The first-order chi connectivity index (χ1) is 2.00. The maximum atomic E-state index is 3.55. The Labute approximate surface area is 34.2 Å². The van der Waals surface area contributed by atoms with Gasteiger partial charge in [-0.05, 0) is 0 Å². The van der Waals surface area contributed by atoms with E-state index in [0.29, 0.717) is 0 Å². The zero-order valence-electron chi connectivity index (χ0n) is 3.62. The highest BCUT2D eigenvalue weighted by atomic mass is 14.0. The molecule has 0 aliphatic rings. The molecule has 0 heteroatoms. The molecule has 2 radical (unpaired) electrons. The lowest BCUT2D eigenvalue weighted by molar-refractivity contribution is 0.701. The van der Waals surface area contributed by atoms with Crippen LogP contribution in [0.4, 0.5) is 0 Å². The summed E-state index contributed by atoms with van der Waals surface area (Å²) in [5.41, 5.74) is -0.250. The molecule has 0 saturated carbocycles. The number of hydrogen-bond acceptors (Lipinski definition) is 0. The van der Waals surface area contributed by atoms with Gasteiger partial charge in [0, 0.05) is 0 Å². The monoisotopic (exact) mass is 69.1 g/mol. The van der Waals surface area contributed by atoms with E-state index < -0.39 is 0 Å². The van der Waals surface area contributed by atoms with Crippen LogP contribution in [-0.4, -0.2) is 0 Å². The van der Waals surface area contributed by atoms with Gasteiger partial charge in [0.15, 0.2) is 0 Å². The average Bonchev–Trinajstić information content (AvgIpc) is 0.722. The van der Waals surface area contributed by atoms with Gasteiger partial charge in [-0.3, -0.25) is 0 Å². The van der Waals surface area contributed by atoms with Crippen LogP contribution in [0.2, 0.25) is 0 Å². The van der Waals surface area contributed by atoms with Crippen molar-refractivity contribution in [3.8, 4) is 0 Å². The lowest BCUT2D eigenvalue weighted by Crippen LogP contribution is -1.95. The van der Waals surface area contributed by atoms with Crippen LogP contribution in [0.15, 0.2) is 0 Å². The van der Waals surface area contributed by atoms with Crippen LogP contribution in [0.5, 0.6) is 0 Å². The van der Waals surface area contributed by atoms with Gasteiger partial charge >= 0.3 is 0 Å². The zero-order chi connectivity index (χ0) is 4.50. The van der Waals surface area contributed by atoms with E-state index in [1.54, 1.807) is 0 Å². The Bertz CT molecular complexity index is 15.5. The Morgan fingerprint density at radius 1 is 1.60 bits per heavy atom. The van der Waals surface area contributed by atoms with Crippen molar-refractivity contribution >= 4 is 0 Å². The Kier molecular flexibility index (Phi) is 1.00. The maximum absolute atomic E-state index is 3.55. The highest BCUT2D eigenvalue weighted by Gasteiger charge is 1.85. The van der Waals surface area contributed by atoms with Gasteiger partial charge in [0.05, 0.1) is 0 Å². The molecule has 0 nitrogen and oxygen atoms in total. The van der Waals surface area contributed by atoms with Gasteiger partial charge < -0.3 is 6.92 Å². The first kappa shape index (κ1) is 5.00. The quantitative estimate of drug-likeness (QED) is 0.378. The molecule has 0 amide bonds. The molecule has 0 aromatic heterocycles. The van der Waals surface area contributed by atoms with Gasteiger partial charge in [0.1, 0.15) is 0 Å². The van der Waals surface area contributed by atoms with E-state index >= 15 is 0 Å². The van der Waals surface area contributed by atoms with Gasteiger partial charge in [-0.15, -0.1) is 0 Å². The molecule has 0 N–H and O–H groups in total. The maximum Gasteiger partial charge on any atom is -0.0775 e. The van der Waals surface area contributed by atoms with Crippen molar-refractivity contribution in [2.75, 3.05) is 0 Å². The lowest BCUT2D eigenvalue weighted by Gasteiger charge is -2.15. The minimum absolute atomic E-state index is 0.250. The molecule has 0 heterocycles. The van der Waals surface area contributed by atoms with Gasteiger partial charge in [0.25, 0.3) is 0 Å². The normalized spacial score (nSPS) is 12.0. The van der Waals surface area contributed by atoms with Crippen LogP contribution in [0.25, 0.3) is 0 Å². The third kappa shape index (κ3) is 0. The van der Waals surface area contributed by atoms with Crippen molar-refractivity contribution in [3.63, 3.8) is 0 Å². The fourth-order valence-electron chi connectivity index (χ4n) is 0. The summed E-state index contributed by atoms with van der Waals surface area (Å²) < 4.78 is 0. The fourth-order valence-corrected chi connectivity index (χ4v) is 0. The van der Waals surface area contributed by atoms with Gasteiger partial charge in [-0.1, -0.05) is 20.8 Å². The van der Waals surface area contributed by atoms with Crippen molar-refractivity contribution < 1.29 is 0 Å². The molecule has 0 saturated heterocycles. The van der Waals surface area contributed by atoms with Crippen LogP contribution < -0.4 is 0 Å². The molecule has 0 spiro atoms. The van der Waals surface area contributed by atoms with Crippen LogP contribution >= 0.6 is 0 Å². The predicted molar refractivity (Wildman–Crippen MR) is 24.2 cm³/mol. The summed E-state index contributed by atoms with van der Waals surface area (Å²) >= 11 is 0. The summed E-state index contributed by atoms with van der Waals surface area (Å²) in [4.78, 5) is 0. The van der Waals surface area contributed by atoms with Crippen LogP contribution in [0.1, 0.15) is 6.92 Å². The van der Waals surface area contributed by atoms with Crippen molar-refractivity contribution in [1.82, 2.24) is 0 Å². The fraction of sp³-hybridized carbons (Fsp3) is 0.400. The summed E-state index contributed by atoms with van der Waals surface area (Å²) in [6.45, 7) is 12.5. The molecule has 0 aliphatic carbocycles. The molecule has 5 heavy (non-hydrogen) atoms. The van der Waals surface area contributed by atoms with E-state index in [1.165, 1.54) is 0 Å². The van der Waals surface area contributed by atoms with Gasteiger partial charge in [-0.25, -0.2) is 0 Å². The van der Waals surface area contributed by atoms with E-state index in [0.717, 1.165) is 0 Å². The second-order valence-corrected chi connectivity index (χ2v) is 1.81. The molecule has 0 unspecified atom stereocenters. The second-order valence-electron chi connectivity index (χ2n) is 1.81. The third-order valence-corrected chi connectivity index (χ3v) is 0. The van der Waals surface area contributed by atoms with Crippen LogP contribution in [-0.2, 0) is 0 Å². The Balaban J connectivity index is 3.02. The third-order valence-electron chi connectivity index (χ3n) is 0. The Morgan fingerprint density at radius 2 is 1.60 bits per heavy atom. The Hall–Kier alpha value is 0. The first-order valence-electron chi connectivity index (χ1n) is 1.56. The van der Waals surface area contributed by atoms with Gasteiger partial charge in [0.2, 0.25) is 0 Å². The van der Waals surface area contributed by atoms with Gasteiger partial charge in [-0.2, -0.15) is 5.41 Å². The number of hydrogen-bond donors (Lipinski definition) is 0. The van der Waals surface area contributed by atoms with E-state index in [-0.39, 0.29) is 5.41 Å². The van der Waals surface area contributed by atoms with E-state index in [4.69, 9.17) is 0 Å². The summed E-state index contributed by atoms with van der Waals surface area (Å²) in [5.74, 6) is 0. The van der Waals surface area contributed by atoms with E-state index in [2.05, 4.69) is 20.8 Å². The molecule has 0 aromatic carbocycles. The molecule has 0 fully saturated rings. The standard InChI is InChI=1S/C5H9/c1-5(2,3)4/h1-3H2,4H3/q-1. The molecular formula is C5H9-. The average molecular weight is 69.1 g/mol. The highest BCUT2D eigenvalue weighted by Crippen LogP contribution is 2.05. The molecule has 0 aliphatic heterocycles. The van der Waals surface area contributed by atoms with Crippen molar-refractivity contribution in [3.05, 3.63) is 20.8 Å². The summed E-state index contributed by atoms with van der Waals surface area (Å²) in [6, 6.07) is 0. The molecule has 0 atom stereocenters. The van der Waals surface area contributed by atoms with E-state index in [1.807, 2.05) is 6.92 Å². The topological polar surface area (TPSA) is 0 Å². The van der Waals surface area contributed by atoms with Crippen molar-refractivity contribution in [1.29, 1.82) is 0 Å². The van der Waals surface area contributed by atoms with Crippen molar-refractivity contribution in [2.24, 2.45) is 5.41 Å². The number of rotatable bonds is 0. The first-order valence-corrected chi connectivity index (χ1v) is 1.56. The SMILES string of the molecule is [CH2]C([CH2])([CH2-])C. The van der Waals surface area contributed by atoms with Crippen LogP contribution in [0, 0.1) is 26.2 Å². The Morgan fingerprint density at radius 3 is 1.60 bits per heavy atom. The molecule has 0 aromatic rings. The molecular weight excluding hydrogens is 60.1 g/mol. The lowest BCUT2D eigenvalue weighted by atomic mass is 10.0. The zero-order valence-corrected chi connectivity index (χ0v) is 3.62. The largest absolute Gasteiger partial charge is 0.337 e. The molecule has 0 rings (SSSR count). The smallest absolute Gasteiger partial charge is 0.0775 e. The van der Waals surface area contributed by atoms with Crippen LogP contribution in [0.3, 0.4) is 0 Å². The molecule has 0 bridgehead atoms. The summed E-state index contributed by atoms with van der Waals surface area (Å²) in [7, 11) is 0. The van der Waals surface area contributed by atoms with E-state index in [9.17, 15) is 0 Å². The highest BCUT2D eigenvalue weighted by molar-refractivity contribution is 4.80. The summed E-state index contributed by atoms with van der Waals surface area (Å²) in [6.07, 6.45) is 0. The second kappa shape index (κ2) is 1.00. The van der Waals surface area contributed by atoms with Crippen molar-refractivity contribution in [2.45, 2.75) is 6.92 Å². The minimum atomic E-state index is -0.250. The predicted octanol–water partition coefficient (Wildman–Crippen LogP) is 1.49. The summed E-state index contributed by atoms with van der Waals surface area (Å²) in [5, 5.41) is 0. The minimum Gasteiger partial charge on any atom is -0.337 e. The molecule has 30 valence electrons.